The van der Waals surface area contributed by atoms with Crippen molar-refractivity contribution in [3.8, 4) is 0 Å². The van der Waals surface area contributed by atoms with Crippen molar-refractivity contribution in [2.75, 3.05) is 5.32 Å². The highest BCUT2D eigenvalue weighted by Crippen LogP contribution is 2.27. The lowest BCUT2D eigenvalue weighted by Crippen LogP contribution is -2.25. The third kappa shape index (κ3) is 3.47. The van der Waals surface area contributed by atoms with Crippen LogP contribution in [0.5, 0.6) is 0 Å². The van der Waals surface area contributed by atoms with Crippen molar-refractivity contribution in [2.45, 2.75) is 58.8 Å². The van der Waals surface area contributed by atoms with Gasteiger partial charge in [-0.25, -0.2) is 4.98 Å². The topological polar surface area (TPSA) is 63.5 Å². The Labute approximate surface area is 139 Å². The summed E-state index contributed by atoms with van der Waals surface area (Å²) in [5, 5.41) is 4.70. The number of fused-ring (bicyclic) bond motifs is 1. The third-order valence-electron chi connectivity index (χ3n) is 4.69. The number of nitrogens with zero attached hydrogens (tertiary/aromatic N) is 2. The number of carbonyl (C=O) groups excluding carboxylic acids is 1. The highest BCUT2D eigenvalue weighted by atomic mass is 32.1. The zero-order valence-corrected chi connectivity index (χ0v) is 14.5. The molecule has 6 heteroatoms. The van der Waals surface area contributed by atoms with Gasteiger partial charge in [-0.05, 0) is 26.2 Å². The van der Waals surface area contributed by atoms with E-state index in [1.165, 1.54) is 43.4 Å². The number of rotatable bonds is 4. The normalized spacial score (nSPS) is 15.9. The molecule has 3 rings (SSSR count). The first-order chi connectivity index (χ1) is 11.1. The van der Waals surface area contributed by atoms with Crippen LogP contribution in [-0.2, 0) is 4.79 Å². The van der Waals surface area contributed by atoms with Gasteiger partial charge in [-0.1, -0.05) is 32.1 Å². The van der Waals surface area contributed by atoms with Crippen LogP contribution in [0.3, 0.4) is 0 Å². The number of thiazole rings is 1. The fraction of sp³-hybridized carbons (Fsp3) is 0.588. The molecule has 0 aliphatic heterocycles. The number of anilines is 1. The highest BCUT2D eigenvalue weighted by Gasteiger charge is 2.17. The average Bonchev–Trinajstić information content (AvgIpc) is 2.91. The molecule has 1 aliphatic carbocycles. The number of carbonyl (C=O) groups is 1. The maximum atomic E-state index is 12.6. The lowest BCUT2D eigenvalue weighted by Gasteiger charge is -2.21. The van der Waals surface area contributed by atoms with E-state index in [0.717, 1.165) is 12.1 Å². The number of hydrogen-bond donors (Lipinski definition) is 1. The van der Waals surface area contributed by atoms with Gasteiger partial charge in [0.15, 0.2) is 4.96 Å². The molecule has 1 fully saturated rings. The Morgan fingerprint density at radius 2 is 2.09 bits per heavy atom. The van der Waals surface area contributed by atoms with Crippen LogP contribution in [0.1, 0.15) is 56.3 Å². The number of nitrogens with one attached hydrogen (secondary N) is 1. The lowest BCUT2D eigenvalue weighted by atomic mass is 9.86. The first kappa shape index (κ1) is 16.2. The molecule has 5 nitrogen and oxygen atoms in total. The molecule has 2 aromatic heterocycles. The standard InChI is InChI=1S/C17H23N3O2S/c1-11-10-23-17-18-12(2)15(16(22)20(11)17)19-14(21)9-8-13-6-4-3-5-7-13/h10,13H,3-9H2,1-2H3,(H,19,21). The molecule has 1 N–H and O–H groups in total. The van der Waals surface area contributed by atoms with Gasteiger partial charge in [-0.3, -0.25) is 14.0 Å². The lowest BCUT2D eigenvalue weighted by molar-refractivity contribution is -0.116. The summed E-state index contributed by atoms with van der Waals surface area (Å²) in [6, 6.07) is 0. The number of amides is 1. The van der Waals surface area contributed by atoms with E-state index in [-0.39, 0.29) is 11.5 Å². The van der Waals surface area contributed by atoms with E-state index in [1.807, 2.05) is 12.3 Å². The van der Waals surface area contributed by atoms with Crippen LogP contribution in [-0.4, -0.2) is 15.3 Å². The minimum absolute atomic E-state index is 0.0783. The summed E-state index contributed by atoms with van der Waals surface area (Å²) in [7, 11) is 0. The Kier molecular flexibility index (Phi) is 4.80. The molecule has 0 unspecified atom stereocenters. The van der Waals surface area contributed by atoms with Crippen LogP contribution in [0.15, 0.2) is 10.2 Å². The third-order valence-corrected chi connectivity index (χ3v) is 5.63. The van der Waals surface area contributed by atoms with Crippen molar-refractivity contribution >= 4 is 27.9 Å². The van der Waals surface area contributed by atoms with E-state index >= 15 is 0 Å². The van der Waals surface area contributed by atoms with E-state index < -0.39 is 0 Å². The van der Waals surface area contributed by atoms with Crippen molar-refractivity contribution in [1.29, 1.82) is 0 Å². The van der Waals surface area contributed by atoms with Gasteiger partial charge in [0.1, 0.15) is 5.69 Å². The van der Waals surface area contributed by atoms with Crippen molar-refractivity contribution in [3.63, 3.8) is 0 Å². The summed E-state index contributed by atoms with van der Waals surface area (Å²) in [5.41, 5.74) is 1.57. The molecular formula is C17H23N3O2S. The second kappa shape index (κ2) is 6.83. The van der Waals surface area contributed by atoms with Crippen molar-refractivity contribution in [1.82, 2.24) is 9.38 Å². The summed E-state index contributed by atoms with van der Waals surface area (Å²) in [5.74, 6) is 0.585. The van der Waals surface area contributed by atoms with E-state index in [4.69, 9.17) is 0 Å². The van der Waals surface area contributed by atoms with Gasteiger partial charge in [0.25, 0.3) is 5.56 Å². The second-order valence-electron chi connectivity index (χ2n) is 6.46. The van der Waals surface area contributed by atoms with Crippen LogP contribution in [0.2, 0.25) is 0 Å². The summed E-state index contributed by atoms with van der Waals surface area (Å²) < 4.78 is 1.56. The van der Waals surface area contributed by atoms with Crippen LogP contribution in [0.25, 0.3) is 4.96 Å². The molecule has 0 atom stereocenters. The minimum atomic E-state index is -0.183. The van der Waals surface area contributed by atoms with Crippen molar-refractivity contribution < 1.29 is 4.79 Å². The van der Waals surface area contributed by atoms with Gasteiger partial charge in [-0.15, -0.1) is 11.3 Å². The fourth-order valence-corrected chi connectivity index (χ4v) is 4.24. The summed E-state index contributed by atoms with van der Waals surface area (Å²) >= 11 is 1.44. The number of aromatic nitrogens is 2. The number of aryl methyl sites for hydroxylation is 2. The van der Waals surface area contributed by atoms with Crippen molar-refractivity contribution in [3.05, 3.63) is 27.1 Å². The Morgan fingerprint density at radius 1 is 1.35 bits per heavy atom. The van der Waals surface area contributed by atoms with Gasteiger partial charge < -0.3 is 5.32 Å². The molecule has 0 saturated heterocycles. The summed E-state index contributed by atoms with van der Waals surface area (Å²) in [6.45, 7) is 3.64. The van der Waals surface area contributed by atoms with E-state index in [9.17, 15) is 9.59 Å². The maximum absolute atomic E-state index is 12.6. The predicted octanol–water partition coefficient (Wildman–Crippen LogP) is 3.67. The van der Waals surface area contributed by atoms with Crippen molar-refractivity contribution in [2.24, 2.45) is 5.92 Å². The van der Waals surface area contributed by atoms with Crippen LogP contribution < -0.4 is 10.9 Å². The van der Waals surface area contributed by atoms with Gasteiger partial charge in [-0.2, -0.15) is 0 Å². The summed E-state index contributed by atoms with van der Waals surface area (Å²) in [6.07, 6.45) is 7.75. The molecule has 0 aromatic carbocycles. The maximum Gasteiger partial charge on any atom is 0.282 e. The SMILES string of the molecule is Cc1nc2scc(C)n2c(=O)c1NC(=O)CCC1CCCCC1. The van der Waals surface area contributed by atoms with Crippen LogP contribution in [0, 0.1) is 19.8 Å². The number of hydrogen-bond acceptors (Lipinski definition) is 4. The zero-order chi connectivity index (χ0) is 16.4. The van der Waals surface area contributed by atoms with Gasteiger partial charge in [0, 0.05) is 17.5 Å². The van der Waals surface area contributed by atoms with Crippen LogP contribution in [0.4, 0.5) is 5.69 Å². The largest absolute Gasteiger partial charge is 0.320 e. The Morgan fingerprint density at radius 3 is 2.83 bits per heavy atom. The highest BCUT2D eigenvalue weighted by molar-refractivity contribution is 7.15. The Balaban J connectivity index is 1.71. The molecule has 0 spiro atoms. The molecule has 2 heterocycles. The molecule has 0 radical (unpaired) electrons. The van der Waals surface area contributed by atoms with Gasteiger partial charge >= 0.3 is 0 Å². The zero-order valence-electron chi connectivity index (χ0n) is 13.7. The average molecular weight is 333 g/mol. The first-order valence-corrected chi connectivity index (χ1v) is 9.21. The monoisotopic (exact) mass is 333 g/mol. The van der Waals surface area contributed by atoms with E-state index in [2.05, 4.69) is 10.3 Å². The van der Waals surface area contributed by atoms with E-state index in [0.29, 0.717) is 28.7 Å². The quantitative estimate of drug-likeness (QED) is 0.928. The molecule has 23 heavy (non-hydrogen) atoms. The molecule has 1 amide bonds. The summed E-state index contributed by atoms with van der Waals surface area (Å²) in [4.78, 5) is 29.9. The smallest absolute Gasteiger partial charge is 0.282 e. The molecular weight excluding hydrogens is 310 g/mol. The molecule has 1 aliphatic rings. The molecule has 124 valence electrons. The first-order valence-electron chi connectivity index (χ1n) is 8.33. The predicted molar refractivity (Wildman–Crippen MR) is 93.3 cm³/mol. The Hall–Kier alpha value is -1.69. The van der Waals surface area contributed by atoms with E-state index in [1.54, 1.807) is 11.3 Å². The molecule has 0 bridgehead atoms. The van der Waals surface area contributed by atoms with Crippen LogP contribution >= 0.6 is 11.3 Å². The van der Waals surface area contributed by atoms with Gasteiger partial charge in [0.2, 0.25) is 5.91 Å². The Bertz CT molecular complexity index is 772. The molecule has 2 aromatic rings. The fourth-order valence-electron chi connectivity index (χ4n) is 3.34. The minimum Gasteiger partial charge on any atom is -0.320 e. The molecule has 1 saturated carbocycles. The van der Waals surface area contributed by atoms with Gasteiger partial charge in [0.05, 0.1) is 5.69 Å². The second-order valence-corrected chi connectivity index (χ2v) is 7.30.